The number of nitrogens with one attached hydrogen (secondary N) is 2. The fraction of sp³-hybridized carbons (Fsp3) is 0.391. The largest absolute Gasteiger partial charge is 0.490 e. The van der Waals surface area contributed by atoms with Crippen LogP contribution in [0.4, 0.5) is 5.69 Å². The second-order valence-corrected chi connectivity index (χ2v) is 7.67. The van der Waals surface area contributed by atoms with Gasteiger partial charge in [0.25, 0.3) is 5.91 Å². The van der Waals surface area contributed by atoms with Gasteiger partial charge in [-0.15, -0.1) is 0 Å². The zero-order valence-corrected chi connectivity index (χ0v) is 17.2. The Labute approximate surface area is 171 Å². The van der Waals surface area contributed by atoms with Crippen molar-refractivity contribution in [1.82, 2.24) is 5.32 Å². The van der Waals surface area contributed by atoms with E-state index in [4.69, 9.17) is 9.47 Å². The van der Waals surface area contributed by atoms with Gasteiger partial charge >= 0.3 is 0 Å². The fourth-order valence-corrected chi connectivity index (χ4v) is 3.10. The molecule has 0 radical (unpaired) electrons. The Morgan fingerprint density at radius 3 is 2.69 bits per heavy atom. The molecule has 154 valence electrons. The molecule has 6 heteroatoms. The van der Waals surface area contributed by atoms with E-state index in [1.54, 1.807) is 0 Å². The summed E-state index contributed by atoms with van der Waals surface area (Å²) in [5, 5.41) is 5.79. The van der Waals surface area contributed by atoms with Crippen LogP contribution in [0.15, 0.2) is 36.4 Å². The Kier molecular flexibility index (Phi) is 6.75. The number of amides is 2. The normalized spacial score (nSPS) is 12.9. The molecule has 29 heavy (non-hydrogen) atoms. The van der Waals surface area contributed by atoms with Crippen LogP contribution in [0.5, 0.6) is 11.5 Å². The van der Waals surface area contributed by atoms with Gasteiger partial charge in [-0.3, -0.25) is 9.59 Å². The van der Waals surface area contributed by atoms with Gasteiger partial charge in [0.05, 0.1) is 5.56 Å². The van der Waals surface area contributed by atoms with Crippen molar-refractivity contribution in [3.05, 3.63) is 53.1 Å². The van der Waals surface area contributed by atoms with E-state index in [1.807, 2.05) is 43.3 Å². The van der Waals surface area contributed by atoms with E-state index in [0.29, 0.717) is 49.8 Å². The number of benzene rings is 2. The maximum Gasteiger partial charge on any atom is 0.255 e. The zero-order valence-electron chi connectivity index (χ0n) is 17.2. The van der Waals surface area contributed by atoms with E-state index in [9.17, 15) is 9.59 Å². The summed E-state index contributed by atoms with van der Waals surface area (Å²) in [6, 6.07) is 11.2. The van der Waals surface area contributed by atoms with Crippen LogP contribution in [0.1, 0.15) is 41.8 Å². The molecular weight excluding hydrogens is 368 g/mol. The van der Waals surface area contributed by atoms with Gasteiger partial charge in [-0.05, 0) is 55.2 Å². The van der Waals surface area contributed by atoms with Crippen LogP contribution in [0.2, 0.25) is 0 Å². The van der Waals surface area contributed by atoms with Crippen LogP contribution in [-0.2, 0) is 11.2 Å². The van der Waals surface area contributed by atoms with E-state index >= 15 is 0 Å². The molecule has 0 aromatic heterocycles. The molecule has 6 nitrogen and oxygen atoms in total. The maximum absolute atomic E-state index is 12.5. The van der Waals surface area contributed by atoms with E-state index in [1.165, 1.54) is 0 Å². The highest BCUT2D eigenvalue weighted by molar-refractivity contribution is 5.97. The van der Waals surface area contributed by atoms with Crippen LogP contribution < -0.4 is 20.1 Å². The average molecular weight is 396 g/mol. The first-order valence-corrected chi connectivity index (χ1v) is 9.99. The zero-order chi connectivity index (χ0) is 20.8. The van der Waals surface area contributed by atoms with Gasteiger partial charge in [0.15, 0.2) is 0 Å². The predicted molar refractivity (Wildman–Crippen MR) is 113 cm³/mol. The van der Waals surface area contributed by atoms with Crippen molar-refractivity contribution in [3.63, 3.8) is 0 Å². The molecule has 0 atom stereocenters. The number of ether oxygens (including phenoxy) is 2. The van der Waals surface area contributed by atoms with Crippen molar-refractivity contribution in [3.8, 4) is 11.5 Å². The van der Waals surface area contributed by atoms with Gasteiger partial charge in [-0.2, -0.15) is 0 Å². The SMILES string of the molecule is Cc1ccc(OCCOc2ccc3c(c2)CCC(=O)N3)c(C(=O)NCC(C)C)c1. The van der Waals surface area contributed by atoms with E-state index < -0.39 is 0 Å². The molecule has 0 saturated carbocycles. The summed E-state index contributed by atoms with van der Waals surface area (Å²) in [7, 11) is 0. The highest BCUT2D eigenvalue weighted by atomic mass is 16.5. The molecule has 1 aliphatic rings. The molecule has 0 bridgehead atoms. The summed E-state index contributed by atoms with van der Waals surface area (Å²) in [5.74, 6) is 1.59. The van der Waals surface area contributed by atoms with Crippen molar-refractivity contribution in [2.75, 3.05) is 25.1 Å². The maximum atomic E-state index is 12.5. The lowest BCUT2D eigenvalue weighted by Crippen LogP contribution is -2.28. The Morgan fingerprint density at radius 2 is 1.90 bits per heavy atom. The van der Waals surface area contributed by atoms with Gasteiger partial charge in [0.2, 0.25) is 5.91 Å². The second-order valence-electron chi connectivity index (χ2n) is 7.67. The molecule has 2 N–H and O–H groups in total. The van der Waals surface area contributed by atoms with Crippen LogP contribution in [0.3, 0.4) is 0 Å². The van der Waals surface area contributed by atoms with Crippen molar-refractivity contribution >= 4 is 17.5 Å². The smallest absolute Gasteiger partial charge is 0.255 e. The van der Waals surface area contributed by atoms with E-state index in [-0.39, 0.29) is 11.8 Å². The summed E-state index contributed by atoms with van der Waals surface area (Å²) in [5.41, 5.74) is 3.46. The Bertz CT molecular complexity index is 892. The topological polar surface area (TPSA) is 76.7 Å². The summed E-state index contributed by atoms with van der Waals surface area (Å²) in [6.07, 6.45) is 1.21. The number of hydrogen-bond acceptors (Lipinski definition) is 4. The van der Waals surface area contributed by atoms with Gasteiger partial charge in [0, 0.05) is 18.7 Å². The minimum Gasteiger partial charge on any atom is -0.490 e. The second kappa shape index (κ2) is 9.45. The minimum absolute atomic E-state index is 0.0471. The quantitative estimate of drug-likeness (QED) is 0.667. The summed E-state index contributed by atoms with van der Waals surface area (Å²) >= 11 is 0. The number of hydrogen-bond donors (Lipinski definition) is 2. The molecule has 1 aliphatic heterocycles. The first-order chi connectivity index (χ1) is 13.9. The monoisotopic (exact) mass is 396 g/mol. The Hall–Kier alpha value is -3.02. The predicted octanol–water partition coefficient (Wildman–Crippen LogP) is 3.72. The van der Waals surface area contributed by atoms with Crippen molar-refractivity contribution in [2.24, 2.45) is 5.92 Å². The molecule has 0 unspecified atom stereocenters. The number of fused-ring (bicyclic) bond motifs is 1. The lowest BCUT2D eigenvalue weighted by molar-refractivity contribution is -0.116. The molecule has 0 aliphatic carbocycles. The number of aryl methyl sites for hydroxylation is 2. The molecular formula is C23H28N2O4. The third-order valence-electron chi connectivity index (χ3n) is 4.63. The molecule has 2 amide bonds. The van der Waals surface area contributed by atoms with E-state index in [2.05, 4.69) is 24.5 Å². The molecule has 0 fully saturated rings. The number of rotatable bonds is 8. The Balaban J connectivity index is 1.55. The fourth-order valence-electron chi connectivity index (χ4n) is 3.10. The number of carbonyl (C=O) groups excluding carboxylic acids is 2. The number of carbonyl (C=O) groups is 2. The van der Waals surface area contributed by atoms with Crippen molar-refractivity contribution in [1.29, 1.82) is 0 Å². The third-order valence-corrected chi connectivity index (χ3v) is 4.63. The van der Waals surface area contributed by atoms with Gasteiger partial charge < -0.3 is 20.1 Å². The van der Waals surface area contributed by atoms with Crippen molar-refractivity contribution in [2.45, 2.75) is 33.6 Å². The van der Waals surface area contributed by atoms with Crippen LogP contribution >= 0.6 is 0 Å². The highest BCUT2D eigenvalue weighted by Gasteiger charge is 2.16. The highest BCUT2D eigenvalue weighted by Crippen LogP contribution is 2.27. The summed E-state index contributed by atoms with van der Waals surface area (Å²) in [4.78, 5) is 23.9. The molecule has 0 saturated heterocycles. The minimum atomic E-state index is -0.130. The Morgan fingerprint density at radius 1 is 1.10 bits per heavy atom. The standard InChI is InChI=1S/C23H28N2O4/c1-15(2)14-24-23(27)19-12-16(3)4-8-21(19)29-11-10-28-18-6-7-20-17(13-18)5-9-22(26)25-20/h4,6-8,12-13,15H,5,9-11,14H2,1-3H3,(H,24,27)(H,25,26). The van der Waals surface area contributed by atoms with Crippen LogP contribution in [-0.4, -0.2) is 31.6 Å². The summed E-state index contributed by atoms with van der Waals surface area (Å²) < 4.78 is 11.6. The molecule has 2 aromatic rings. The van der Waals surface area contributed by atoms with Gasteiger partial charge in [-0.1, -0.05) is 25.5 Å². The molecule has 3 rings (SSSR count). The summed E-state index contributed by atoms with van der Waals surface area (Å²) in [6.45, 7) is 7.35. The lowest BCUT2D eigenvalue weighted by Gasteiger charge is -2.18. The van der Waals surface area contributed by atoms with Crippen LogP contribution in [0, 0.1) is 12.8 Å². The van der Waals surface area contributed by atoms with Crippen LogP contribution in [0.25, 0.3) is 0 Å². The first-order valence-electron chi connectivity index (χ1n) is 9.99. The molecule has 1 heterocycles. The average Bonchev–Trinajstić information content (AvgIpc) is 2.70. The molecule has 2 aromatic carbocycles. The van der Waals surface area contributed by atoms with Crippen molar-refractivity contribution < 1.29 is 19.1 Å². The lowest BCUT2D eigenvalue weighted by atomic mass is 10.0. The van der Waals surface area contributed by atoms with Gasteiger partial charge in [0.1, 0.15) is 24.7 Å². The first kappa shape index (κ1) is 20.7. The third kappa shape index (κ3) is 5.73. The molecule has 0 spiro atoms. The van der Waals surface area contributed by atoms with Gasteiger partial charge in [-0.25, -0.2) is 0 Å². The number of anilines is 1. The van der Waals surface area contributed by atoms with E-state index in [0.717, 1.165) is 22.6 Å².